The monoisotopic (exact) mass is 260 g/mol. The van der Waals surface area contributed by atoms with Gasteiger partial charge in [-0.15, -0.1) is 5.10 Å². The molecule has 19 heavy (non-hydrogen) atoms. The van der Waals surface area contributed by atoms with Crippen LogP contribution in [0, 0.1) is 0 Å². The van der Waals surface area contributed by atoms with Crippen molar-refractivity contribution in [2.24, 2.45) is 5.73 Å². The van der Waals surface area contributed by atoms with Gasteiger partial charge in [-0.25, -0.2) is 4.68 Å². The van der Waals surface area contributed by atoms with Crippen molar-refractivity contribution >= 4 is 0 Å². The number of nitrogens with zero attached hydrogens (tertiary/aromatic N) is 3. The van der Waals surface area contributed by atoms with Crippen LogP contribution in [0.15, 0.2) is 36.5 Å². The van der Waals surface area contributed by atoms with Crippen molar-refractivity contribution < 1.29 is 9.47 Å². The van der Waals surface area contributed by atoms with Crippen molar-refractivity contribution in [3.63, 3.8) is 0 Å². The maximum absolute atomic E-state index is 6.25. The number of nitrogens with two attached hydrogens (primary N) is 1. The van der Waals surface area contributed by atoms with E-state index in [0.717, 1.165) is 11.4 Å². The molecule has 1 aromatic heterocycles. The number of ether oxygens (including phenoxy) is 2. The van der Waals surface area contributed by atoms with E-state index in [2.05, 4.69) is 10.3 Å². The smallest absolute Gasteiger partial charge is 0.102 e. The molecule has 3 rings (SSSR count). The summed E-state index contributed by atoms with van der Waals surface area (Å²) in [6, 6.07) is 9.47. The van der Waals surface area contributed by atoms with E-state index in [1.165, 1.54) is 0 Å². The SMILES string of the molecule is NC(c1cnnn1-c1ccccc1)C1COCCO1. The minimum absolute atomic E-state index is 0.158. The summed E-state index contributed by atoms with van der Waals surface area (Å²) in [7, 11) is 0. The Labute approximate surface area is 111 Å². The Kier molecular flexibility index (Phi) is 3.54. The number of hydrogen-bond acceptors (Lipinski definition) is 5. The zero-order valence-corrected chi connectivity index (χ0v) is 10.5. The van der Waals surface area contributed by atoms with Crippen LogP contribution >= 0.6 is 0 Å². The molecular formula is C13H16N4O2. The molecule has 1 fully saturated rings. The average Bonchev–Trinajstić information content (AvgIpc) is 2.98. The molecule has 0 radical (unpaired) electrons. The van der Waals surface area contributed by atoms with Crippen molar-refractivity contribution in [1.82, 2.24) is 15.0 Å². The van der Waals surface area contributed by atoms with Crippen molar-refractivity contribution in [1.29, 1.82) is 0 Å². The third-order valence-corrected chi connectivity index (χ3v) is 3.16. The molecule has 1 aromatic carbocycles. The second kappa shape index (κ2) is 5.48. The van der Waals surface area contributed by atoms with Gasteiger partial charge in [0.2, 0.25) is 0 Å². The second-order valence-electron chi connectivity index (χ2n) is 4.42. The first kappa shape index (κ1) is 12.3. The van der Waals surface area contributed by atoms with Gasteiger partial charge in [-0.3, -0.25) is 0 Å². The largest absolute Gasteiger partial charge is 0.376 e. The standard InChI is InChI=1S/C13H16N4O2/c14-13(12-9-18-6-7-19-12)11-8-15-16-17(11)10-4-2-1-3-5-10/h1-5,8,12-13H,6-7,9,14H2. The molecule has 6 nitrogen and oxygen atoms in total. The molecule has 1 aliphatic heterocycles. The van der Waals surface area contributed by atoms with Crippen molar-refractivity contribution in [3.05, 3.63) is 42.2 Å². The van der Waals surface area contributed by atoms with Gasteiger partial charge in [-0.1, -0.05) is 23.4 Å². The lowest BCUT2D eigenvalue weighted by Crippen LogP contribution is -2.38. The van der Waals surface area contributed by atoms with Crippen molar-refractivity contribution in [3.8, 4) is 5.69 Å². The Morgan fingerprint density at radius 2 is 2.11 bits per heavy atom. The zero-order chi connectivity index (χ0) is 13.1. The summed E-state index contributed by atoms with van der Waals surface area (Å²) >= 11 is 0. The summed E-state index contributed by atoms with van der Waals surface area (Å²) in [6.45, 7) is 1.70. The predicted octanol–water partition coefficient (Wildman–Crippen LogP) is 0.682. The van der Waals surface area contributed by atoms with Crippen molar-refractivity contribution in [2.45, 2.75) is 12.1 Å². The van der Waals surface area contributed by atoms with Gasteiger partial charge in [0.05, 0.1) is 43.4 Å². The Morgan fingerprint density at radius 3 is 2.84 bits per heavy atom. The molecule has 2 aromatic rings. The Bertz CT molecular complexity index is 522. The molecule has 0 bridgehead atoms. The highest BCUT2D eigenvalue weighted by Crippen LogP contribution is 2.20. The number of hydrogen-bond donors (Lipinski definition) is 1. The maximum atomic E-state index is 6.25. The Hall–Kier alpha value is -1.76. The molecule has 0 spiro atoms. The summed E-state index contributed by atoms with van der Waals surface area (Å²) in [6.07, 6.45) is 1.52. The first-order valence-electron chi connectivity index (χ1n) is 6.27. The summed E-state index contributed by atoms with van der Waals surface area (Å²) in [5.41, 5.74) is 8.00. The van der Waals surface area contributed by atoms with E-state index in [9.17, 15) is 0 Å². The van der Waals surface area contributed by atoms with Crippen LogP contribution in [-0.2, 0) is 9.47 Å². The molecule has 2 heterocycles. The van der Waals surface area contributed by atoms with Crippen LogP contribution in [0.4, 0.5) is 0 Å². The topological polar surface area (TPSA) is 75.2 Å². The van der Waals surface area contributed by atoms with E-state index in [1.54, 1.807) is 10.9 Å². The number of para-hydroxylation sites is 1. The van der Waals surface area contributed by atoms with Crippen LogP contribution < -0.4 is 5.73 Å². The quantitative estimate of drug-likeness (QED) is 0.878. The summed E-state index contributed by atoms with van der Waals surface area (Å²) in [5, 5.41) is 8.04. The minimum atomic E-state index is -0.310. The van der Waals surface area contributed by atoms with Crippen LogP contribution in [0.2, 0.25) is 0 Å². The molecule has 100 valence electrons. The van der Waals surface area contributed by atoms with E-state index in [1.807, 2.05) is 30.3 Å². The van der Waals surface area contributed by atoms with Gasteiger partial charge in [0.1, 0.15) is 6.10 Å². The third kappa shape index (κ3) is 2.51. The Balaban J connectivity index is 1.87. The molecular weight excluding hydrogens is 244 g/mol. The third-order valence-electron chi connectivity index (χ3n) is 3.16. The second-order valence-corrected chi connectivity index (χ2v) is 4.42. The van der Waals surface area contributed by atoms with Gasteiger partial charge >= 0.3 is 0 Å². The van der Waals surface area contributed by atoms with Gasteiger partial charge in [0.25, 0.3) is 0 Å². The lowest BCUT2D eigenvalue weighted by Gasteiger charge is -2.27. The lowest BCUT2D eigenvalue weighted by molar-refractivity contribution is -0.0982. The molecule has 0 saturated carbocycles. The Morgan fingerprint density at radius 1 is 1.26 bits per heavy atom. The van der Waals surface area contributed by atoms with Gasteiger partial charge in [-0.2, -0.15) is 0 Å². The van der Waals surface area contributed by atoms with Crippen LogP contribution in [0.5, 0.6) is 0 Å². The van der Waals surface area contributed by atoms with Crippen LogP contribution in [0.1, 0.15) is 11.7 Å². The van der Waals surface area contributed by atoms with Gasteiger partial charge in [0.15, 0.2) is 0 Å². The highest BCUT2D eigenvalue weighted by atomic mass is 16.6. The van der Waals surface area contributed by atoms with Crippen molar-refractivity contribution in [2.75, 3.05) is 19.8 Å². The minimum Gasteiger partial charge on any atom is -0.376 e. The molecule has 1 saturated heterocycles. The molecule has 0 amide bonds. The fraction of sp³-hybridized carbons (Fsp3) is 0.385. The van der Waals surface area contributed by atoms with Gasteiger partial charge in [0, 0.05) is 0 Å². The molecule has 1 aliphatic rings. The van der Waals surface area contributed by atoms with E-state index in [-0.39, 0.29) is 12.1 Å². The lowest BCUT2D eigenvalue weighted by atomic mass is 10.1. The summed E-state index contributed by atoms with van der Waals surface area (Å²) in [5.74, 6) is 0. The predicted molar refractivity (Wildman–Crippen MR) is 68.8 cm³/mol. The average molecular weight is 260 g/mol. The number of aromatic nitrogens is 3. The fourth-order valence-electron chi connectivity index (χ4n) is 2.14. The van der Waals surface area contributed by atoms with Gasteiger partial charge in [-0.05, 0) is 12.1 Å². The first-order chi connectivity index (χ1) is 9.36. The van der Waals surface area contributed by atoms with Crippen LogP contribution in [0.25, 0.3) is 5.69 Å². The first-order valence-corrected chi connectivity index (χ1v) is 6.27. The molecule has 2 unspecified atom stereocenters. The van der Waals surface area contributed by atoms with Crippen LogP contribution in [0.3, 0.4) is 0 Å². The number of benzene rings is 1. The fourth-order valence-corrected chi connectivity index (χ4v) is 2.14. The molecule has 2 N–H and O–H groups in total. The van der Waals surface area contributed by atoms with E-state index < -0.39 is 0 Å². The number of rotatable bonds is 3. The van der Waals surface area contributed by atoms with Gasteiger partial charge < -0.3 is 15.2 Å². The van der Waals surface area contributed by atoms with E-state index >= 15 is 0 Å². The van der Waals surface area contributed by atoms with Crippen LogP contribution in [-0.4, -0.2) is 40.9 Å². The zero-order valence-electron chi connectivity index (χ0n) is 10.5. The summed E-state index contributed by atoms with van der Waals surface area (Å²) < 4.78 is 12.8. The molecule has 2 atom stereocenters. The highest BCUT2D eigenvalue weighted by Gasteiger charge is 2.26. The van der Waals surface area contributed by atoms with E-state index in [0.29, 0.717) is 19.8 Å². The summed E-state index contributed by atoms with van der Waals surface area (Å²) in [4.78, 5) is 0. The normalized spacial score (nSPS) is 21.2. The highest BCUT2D eigenvalue weighted by molar-refractivity contribution is 5.32. The molecule has 6 heteroatoms. The maximum Gasteiger partial charge on any atom is 0.102 e. The van der Waals surface area contributed by atoms with E-state index in [4.69, 9.17) is 15.2 Å². The molecule has 0 aliphatic carbocycles.